The molecule has 0 bridgehead atoms. The Kier molecular flexibility index (Phi) is 3.83. The molecule has 0 spiro atoms. The first kappa shape index (κ1) is 11.5. The highest BCUT2D eigenvalue weighted by Crippen LogP contribution is 2.31. The summed E-state index contributed by atoms with van der Waals surface area (Å²) in [5.74, 6) is 0.944. The molecule has 2 N–H and O–H groups in total. The molecule has 0 heterocycles. The van der Waals surface area contributed by atoms with Crippen LogP contribution in [0.15, 0.2) is 24.3 Å². The fraction of sp³-hybridized carbons (Fsp3) is 0.571. The summed E-state index contributed by atoms with van der Waals surface area (Å²) in [6.45, 7) is 2.37. The minimum absolute atomic E-state index is 0.123. The van der Waals surface area contributed by atoms with Crippen LogP contribution in [0, 0.1) is 5.92 Å². The van der Waals surface area contributed by atoms with Crippen LogP contribution in [0.5, 0.6) is 0 Å². The van der Waals surface area contributed by atoms with Crippen LogP contribution in [0.4, 0.5) is 5.69 Å². The van der Waals surface area contributed by atoms with Gasteiger partial charge in [0.1, 0.15) is 0 Å². The number of aliphatic hydroxyl groups is 1. The van der Waals surface area contributed by atoms with Gasteiger partial charge in [-0.2, -0.15) is 0 Å². The summed E-state index contributed by atoms with van der Waals surface area (Å²) in [5.41, 5.74) is 2.13. The SMILES string of the molecule is CC(CC1CCC1)Nc1ccc(CO)cc1. The van der Waals surface area contributed by atoms with Crippen molar-refractivity contribution in [3.63, 3.8) is 0 Å². The second-order valence-electron chi connectivity index (χ2n) is 4.93. The van der Waals surface area contributed by atoms with Gasteiger partial charge in [0.25, 0.3) is 0 Å². The number of nitrogens with one attached hydrogen (secondary N) is 1. The van der Waals surface area contributed by atoms with Crippen molar-refractivity contribution in [2.24, 2.45) is 5.92 Å². The van der Waals surface area contributed by atoms with Crippen LogP contribution >= 0.6 is 0 Å². The summed E-state index contributed by atoms with van der Waals surface area (Å²) in [7, 11) is 0. The predicted molar refractivity (Wildman–Crippen MR) is 67.4 cm³/mol. The molecule has 1 aromatic carbocycles. The van der Waals surface area contributed by atoms with Gasteiger partial charge < -0.3 is 10.4 Å². The maximum Gasteiger partial charge on any atom is 0.0681 e. The van der Waals surface area contributed by atoms with E-state index < -0.39 is 0 Å². The molecule has 0 amide bonds. The Bertz CT molecular complexity index is 316. The molecule has 1 fully saturated rings. The van der Waals surface area contributed by atoms with E-state index in [2.05, 4.69) is 12.2 Å². The fourth-order valence-corrected chi connectivity index (χ4v) is 2.28. The Morgan fingerprint density at radius 1 is 1.31 bits per heavy atom. The molecule has 1 aliphatic rings. The van der Waals surface area contributed by atoms with E-state index in [1.54, 1.807) is 0 Å². The molecular weight excluding hydrogens is 198 g/mol. The molecule has 1 unspecified atom stereocenters. The van der Waals surface area contributed by atoms with Crippen molar-refractivity contribution in [1.82, 2.24) is 0 Å². The molecule has 1 aromatic rings. The van der Waals surface area contributed by atoms with Gasteiger partial charge in [-0.25, -0.2) is 0 Å². The summed E-state index contributed by atoms with van der Waals surface area (Å²) in [6.07, 6.45) is 5.52. The number of hydrogen-bond donors (Lipinski definition) is 2. The van der Waals surface area contributed by atoms with E-state index in [4.69, 9.17) is 5.11 Å². The van der Waals surface area contributed by atoms with Gasteiger partial charge in [0.2, 0.25) is 0 Å². The molecular formula is C14H21NO. The quantitative estimate of drug-likeness (QED) is 0.797. The van der Waals surface area contributed by atoms with Crippen molar-refractivity contribution in [3.05, 3.63) is 29.8 Å². The van der Waals surface area contributed by atoms with Crippen molar-refractivity contribution < 1.29 is 5.11 Å². The molecule has 2 rings (SSSR count). The first-order valence-corrected chi connectivity index (χ1v) is 6.24. The molecule has 0 saturated heterocycles. The van der Waals surface area contributed by atoms with Gasteiger partial charge in [-0.15, -0.1) is 0 Å². The van der Waals surface area contributed by atoms with Gasteiger partial charge in [0.05, 0.1) is 6.61 Å². The summed E-state index contributed by atoms with van der Waals surface area (Å²) in [4.78, 5) is 0. The summed E-state index contributed by atoms with van der Waals surface area (Å²) >= 11 is 0. The maximum atomic E-state index is 8.95. The Labute approximate surface area is 97.7 Å². The zero-order chi connectivity index (χ0) is 11.4. The van der Waals surface area contributed by atoms with Crippen LogP contribution in [0.3, 0.4) is 0 Å². The van der Waals surface area contributed by atoms with Gasteiger partial charge >= 0.3 is 0 Å². The molecule has 1 atom stereocenters. The largest absolute Gasteiger partial charge is 0.392 e. The molecule has 88 valence electrons. The van der Waals surface area contributed by atoms with Crippen LogP contribution in [-0.4, -0.2) is 11.1 Å². The zero-order valence-corrected chi connectivity index (χ0v) is 9.95. The Morgan fingerprint density at radius 2 is 2.00 bits per heavy atom. The average Bonchev–Trinajstić information content (AvgIpc) is 2.25. The molecule has 0 aliphatic heterocycles. The topological polar surface area (TPSA) is 32.3 Å². The third kappa shape index (κ3) is 2.99. The molecule has 1 saturated carbocycles. The van der Waals surface area contributed by atoms with E-state index in [9.17, 15) is 0 Å². The predicted octanol–water partition coefficient (Wildman–Crippen LogP) is 3.17. The van der Waals surface area contributed by atoms with Gasteiger partial charge in [-0.1, -0.05) is 31.4 Å². The highest BCUT2D eigenvalue weighted by atomic mass is 16.3. The summed E-state index contributed by atoms with van der Waals surface area (Å²) in [5, 5.41) is 12.5. The summed E-state index contributed by atoms with van der Waals surface area (Å²) < 4.78 is 0. The number of anilines is 1. The maximum absolute atomic E-state index is 8.95. The van der Waals surface area contributed by atoms with Crippen LogP contribution in [0.2, 0.25) is 0 Å². The Morgan fingerprint density at radius 3 is 2.50 bits per heavy atom. The Balaban J connectivity index is 1.82. The normalized spacial score (nSPS) is 17.9. The van der Waals surface area contributed by atoms with Crippen molar-refractivity contribution in [1.29, 1.82) is 0 Å². The molecule has 0 radical (unpaired) electrons. The number of benzene rings is 1. The Hall–Kier alpha value is -1.02. The van der Waals surface area contributed by atoms with Crippen molar-refractivity contribution in [2.45, 2.75) is 45.3 Å². The summed E-state index contributed by atoms with van der Waals surface area (Å²) in [6, 6.07) is 8.58. The second-order valence-corrected chi connectivity index (χ2v) is 4.93. The lowest BCUT2D eigenvalue weighted by Crippen LogP contribution is -2.23. The van der Waals surface area contributed by atoms with Crippen LogP contribution in [0.1, 0.15) is 38.2 Å². The van der Waals surface area contributed by atoms with Crippen LogP contribution in [0.25, 0.3) is 0 Å². The standard InChI is InChI=1S/C14H21NO/c1-11(9-12-3-2-4-12)15-14-7-5-13(10-16)6-8-14/h5-8,11-12,15-16H,2-4,9-10H2,1H3. The van der Waals surface area contributed by atoms with Gasteiger partial charge in [-0.05, 0) is 37.0 Å². The van der Waals surface area contributed by atoms with E-state index in [1.165, 1.54) is 25.7 Å². The zero-order valence-electron chi connectivity index (χ0n) is 9.95. The lowest BCUT2D eigenvalue weighted by atomic mass is 9.81. The smallest absolute Gasteiger partial charge is 0.0681 e. The fourth-order valence-electron chi connectivity index (χ4n) is 2.28. The second kappa shape index (κ2) is 5.35. The van der Waals surface area contributed by atoms with Crippen molar-refractivity contribution >= 4 is 5.69 Å². The van der Waals surface area contributed by atoms with Crippen molar-refractivity contribution in [2.75, 3.05) is 5.32 Å². The highest BCUT2D eigenvalue weighted by molar-refractivity contribution is 5.45. The van der Waals surface area contributed by atoms with Gasteiger partial charge in [0, 0.05) is 11.7 Å². The molecule has 0 aromatic heterocycles. The molecule has 2 heteroatoms. The third-order valence-electron chi connectivity index (χ3n) is 3.46. The average molecular weight is 219 g/mol. The lowest BCUT2D eigenvalue weighted by molar-refractivity contribution is 0.282. The molecule has 1 aliphatic carbocycles. The first-order chi connectivity index (χ1) is 7.78. The number of aliphatic hydroxyl groups excluding tert-OH is 1. The van der Waals surface area contributed by atoms with Crippen LogP contribution < -0.4 is 5.32 Å². The van der Waals surface area contributed by atoms with E-state index in [0.29, 0.717) is 6.04 Å². The monoisotopic (exact) mass is 219 g/mol. The first-order valence-electron chi connectivity index (χ1n) is 6.24. The van der Waals surface area contributed by atoms with Crippen LogP contribution in [-0.2, 0) is 6.61 Å². The van der Waals surface area contributed by atoms with Gasteiger partial charge in [0.15, 0.2) is 0 Å². The third-order valence-corrected chi connectivity index (χ3v) is 3.46. The lowest BCUT2D eigenvalue weighted by Gasteiger charge is -2.28. The van der Waals surface area contributed by atoms with Gasteiger partial charge in [-0.3, -0.25) is 0 Å². The van der Waals surface area contributed by atoms with Crippen molar-refractivity contribution in [3.8, 4) is 0 Å². The minimum Gasteiger partial charge on any atom is -0.392 e. The number of hydrogen-bond acceptors (Lipinski definition) is 2. The van der Waals surface area contributed by atoms with E-state index in [0.717, 1.165) is 17.2 Å². The van der Waals surface area contributed by atoms with E-state index in [-0.39, 0.29) is 6.61 Å². The minimum atomic E-state index is 0.123. The highest BCUT2D eigenvalue weighted by Gasteiger charge is 2.19. The van der Waals surface area contributed by atoms with E-state index >= 15 is 0 Å². The molecule has 16 heavy (non-hydrogen) atoms. The number of rotatable bonds is 5. The molecule has 2 nitrogen and oxygen atoms in total. The van der Waals surface area contributed by atoms with E-state index in [1.807, 2.05) is 24.3 Å².